The first kappa shape index (κ1) is 20.2. The topological polar surface area (TPSA) is 107 Å². The molecule has 0 spiro atoms. The van der Waals surface area contributed by atoms with Gasteiger partial charge in [0.15, 0.2) is 0 Å². The molecule has 0 aliphatic carbocycles. The molecule has 4 rings (SSSR count). The Bertz CT molecular complexity index is 1240. The van der Waals surface area contributed by atoms with Crippen LogP contribution in [0.2, 0.25) is 5.02 Å². The van der Waals surface area contributed by atoms with Crippen LogP contribution < -0.4 is 4.90 Å². The lowest BCUT2D eigenvalue weighted by Crippen LogP contribution is -2.29. The number of para-hydroxylation sites is 1. The minimum absolute atomic E-state index is 0.0523. The van der Waals surface area contributed by atoms with Crippen molar-refractivity contribution in [2.24, 2.45) is 0 Å². The molecule has 0 radical (unpaired) electrons. The van der Waals surface area contributed by atoms with Crippen LogP contribution in [0.5, 0.6) is 0 Å². The predicted octanol–water partition coefficient (Wildman–Crippen LogP) is 4.41. The maximum Gasteiger partial charge on any atom is 0.338 e. The number of imide groups is 1. The van der Waals surface area contributed by atoms with E-state index in [9.17, 15) is 24.5 Å². The van der Waals surface area contributed by atoms with Gasteiger partial charge in [0.2, 0.25) is 0 Å². The Labute approximate surface area is 180 Å². The largest absolute Gasteiger partial charge is 0.457 e. The number of nitrogens with zero attached hydrogens (tertiary/aromatic N) is 2. The molecule has 1 aliphatic heterocycles. The quantitative estimate of drug-likeness (QED) is 0.254. The molecule has 1 aliphatic rings. The molecule has 0 fully saturated rings. The molecule has 0 bridgehead atoms. The summed E-state index contributed by atoms with van der Waals surface area (Å²) in [5, 5.41) is 11.5. The molecule has 31 heavy (non-hydrogen) atoms. The Kier molecular flexibility index (Phi) is 5.22. The fourth-order valence-corrected chi connectivity index (χ4v) is 3.36. The number of hydrogen-bond acceptors (Lipinski definition) is 6. The van der Waals surface area contributed by atoms with Crippen LogP contribution in [-0.4, -0.2) is 22.7 Å². The third-order valence-electron chi connectivity index (χ3n) is 4.75. The summed E-state index contributed by atoms with van der Waals surface area (Å²) in [4.78, 5) is 49.5. The first-order valence-electron chi connectivity index (χ1n) is 9.04. The van der Waals surface area contributed by atoms with Gasteiger partial charge in [-0.2, -0.15) is 0 Å². The van der Waals surface area contributed by atoms with Gasteiger partial charge in [-0.15, -0.1) is 0 Å². The number of nitro benzene ring substituents is 1. The van der Waals surface area contributed by atoms with Crippen LogP contribution in [0, 0.1) is 10.1 Å². The van der Waals surface area contributed by atoms with E-state index in [0.29, 0.717) is 10.7 Å². The zero-order valence-corrected chi connectivity index (χ0v) is 16.5. The number of halogens is 1. The molecule has 9 heteroatoms. The van der Waals surface area contributed by atoms with E-state index < -0.39 is 22.7 Å². The molecule has 0 aromatic heterocycles. The number of amides is 2. The van der Waals surface area contributed by atoms with E-state index in [0.717, 1.165) is 4.90 Å². The summed E-state index contributed by atoms with van der Waals surface area (Å²) in [5.74, 6) is -1.86. The molecule has 0 N–H and O–H groups in total. The SMILES string of the molecule is O=C(OCc1ccccc1[N+](=O)[O-])c1ccc2c(c1)C(=O)N(c1ccc(Cl)cc1)C2=O. The molecular weight excluding hydrogens is 424 g/mol. The Morgan fingerprint density at radius 1 is 0.968 bits per heavy atom. The number of rotatable bonds is 5. The van der Waals surface area contributed by atoms with Gasteiger partial charge in [-0.1, -0.05) is 23.7 Å². The molecule has 3 aromatic rings. The lowest BCUT2D eigenvalue weighted by atomic mass is 10.1. The average molecular weight is 437 g/mol. The van der Waals surface area contributed by atoms with E-state index in [4.69, 9.17) is 16.3 Å². The summed E-state index contributed by atoms with van der Waals surface area (Å²) in [6, 6.07) is 16.2. The van der Waals surface area contributed by atoms with Gasteiger partial charge in [-0.3, -0.25) is 19.7 Å². The van der Waals surface area contributed by atoms with Crippen LogP contribution in [0.1, 0.15) is 36.6 Å². The highest BCUT2D eigenvalue weighted by Crippen LogP contribution is 2.30. The molecule has 0 unspecified atom stereocenters. The summed E-state index contributed by atoms with van der Waals surface area (Å²) >= 11 is 5.86. The van der Waals surface area contributed by atoms with Gasteiger partial charge in [-0.25, -0.2) is 9.69 Å². The van der Waals surface area contributed by atoms with Crippen molar-refractivity contribution in [2.75, 3.05) is 4.90 Å². The summed E-state index contributed by atoms with van der Waals surface area (Å²) in [7, 11) is 0. The zero-order valence-electron chi connectivity index (χ0n) is 15.8. The van der Waals surface area contributed by atoms with Crippen molar-refractivity contribution in [1.29, 1.82) is 0 Å². The Morgan fingerprint density at radius 2 is 1.65 bits per heavy atom. The predicted molar refractivity (Wildman–Crippen MR) is 111 cm³/mol. The van der Waals surface area contributed by atoms with Crippen LogP contribution in [0.4, 0.5) is 11.4 Å². The van der Waals surface area contributed by atoms with E-state index >= 15 is 0 Å². The van der Waals surface area contributed by atoms with Crippen molar-refractivity contribution in [3.8, 4) is 0 Å². The number of hydrogen-bond donors (Lipinski definition) is 0. The zero-order chi connectivity index (χ0) is 22.1. The standard InChI is InChI=1S/C22H13ClN2O6/c23-15-6-8-16(9-7-15)24-20(26)17-10-5-13(11-18(17)21(24)27)22(28)31-12-14-3-1-2-4-19(14)25(29)30/h1-11H,12H2. The first-order chi connectivity index (χ1) is 14.9. The van der Waals surface area contributed by atoms with Crippen molar-refractivity contribution >= 4 is 40.8 Å². The van der Waals surface area contributed by atoms with Crippen molar-refractivity contribution < 1.29 is 24.0 Å². The summed E-state index contributed by atoms with van der Waals surface area (Å²) < 4.78 is 5.18. The number of benzene rings is 3. The van der Waals surface area contributed by atoms with Crippen LogP contribution in [0.25, 0.3) is 0 Å². The molecule has 3 aromatic carbocycles. The second-order valence-electron chi connectivity index (χ2n) is 6.64. The van der Waals surface area contributed by atoms with Gasteiger partial charge in [-0.05, 0) is 48.5 Å². The second kappa shape index (κ2) is 8.00. The Hall–Kier alpha value is -4.04. The van der Waals surface area contributed by atoms with Gasteiger partial charge in [0, 0.05) is 11.1 Å². The van der Waals surface area contributed by atoms with Crippen LogP contribution in [-0.2, 0) is 11.3 Å². The maximum absolute atomic E-state index is 12.8. The van der Waals surface area contributed by atoms with Crippen LogP contribution >= 0.6 is 11.6 Å². The van der Waals surface area contributed by atoms with Crippen LogP contribution in [0.15, 0.2) is 66.7 Å². The molecule has 1 heterocycles. The number of anilines is 1. The fourth-order valence-electron chi connectivity index (χ4n) is 3.23. The van der Waals surface area contributed by atoms with Crippen LogP contribution in [0.3, 0.4) is 0 Å². The highest BCUT2D eigenvalue weighted by atomic mass is 35.5. The number of nitro groups is 1. The molecule has 154 valence electrons. The summed E-state index contributed by atoms with van der Waals surface area (Å²) in [5.41, 5.74) is 0.716. The van der Waals surface area contributed by atoms with Crippen molar-refractivity contribution in [2.45, 2.75) is 6.61 Å². The summed E-state index contributed by atoms with van der Waals surface area (Å²) in [6.07, 6.45) is 0. The molecule has 2 amide bonds. The molecular formula is C22H13ClN2O6. The number of esters is 1. The number of carbonyl (C=O) groups is 3. The minimum atomic E-state index is -0.772. The molecule has 0 atom stereocenters. The third kappa shape index (κ3) is 3.76. The Balaban J connectivity index is 1.55. The number of carbonyl (C=O) groups excluding carboxylic acids is 3. The van der Waals surface area contributed by atoms with Crippen molar-refractivity contribution in [3.05, 3.63) is 104 Å². The lowest BCUT2D eigenvalue weighted by Gasteiger charge is -2.13. The van der Waals surface area contributed by atoms with Gasteiger partial charge in [0.05, 0.1) is 32.9 Å². The van der Waals surface area contributed by atoms with Gasteiger partial charge >= 0.3 is 5.97 Å². The molecule has 0 saturated carbocycles. The smallest absolute Gasteiger partial charge is 0.338 e. The van der Waals surface area contributed by atoms with Gasteiger partial charge < -0.3 is 4.74 Å². The number of fused-ring (bicyclic) bond motifs is 1. The third-order valence-corrected chi connectivity index (χ3v) is 5.01. The van der Waals surface area contributed by atoms with E-state index in [1.165, 1.54) is 36.4 Å². The van der Waals surface area contributed by atoms with Gasteiger partial charge in [0.1, 0.15) is 6.61 Å². The van der Waals surface area contributed by atoms with Crippen molar-refractivity contribution in [3.63, 3.8) is 0 Å². The first-order valence-corrected chi connectivity index (χ1v) is 9.42. The lowest BCUT2D eigenvalue weighted by molar-refractivity contribution is -0.385. The van der Waals surface area contributed by atoms with E-state index in [1.54, 1.807) is 30.3 Å². The van der Waals surface area contributed by atoms with E-state index in [1.807, 2.05) is 0 Å². The average Bonchev–Trinajstić information content (AvgIpc) is 3.02. The monoisotopic (exact) mass is 436 g/mol. The fraction of sp³-hybridized carbons (Fsp3) is 0.0455. The normalized spacial score (nSPS) is 12.6. The van der Waals surface area contributed by atoms with Gasteiger partial charge in [0.25, 0.3) is 17.5 Å². The molecule has 0 saturated heterocycles. The highest BCUT2D eigenvalue weighted by molar-refractivity contribution is 6.35. The Morgan fingerprint density at radius 3 is 2.35 bits per heavy atom. The van der Waals surface area contributed by atoms with E-state index in [2.05, 4.69) is 0 Å². The van der Waals surface area contributed by atoms with E-state index in [-0.39, 0.29) is 34.5 Å². The highest BCUT2D eigenvalue weighted by Gasteiger charge is 2.37. The minimum Gasteiger partial charge on any atom is -0.457 e. The molecule has 8 nitrogen and oxygen atoms in total. The maximum atomic E-state index is 12.8. The summed E-state index contributed by atoms with van der Waals surface area (Å²) in [6.45, 7) is -0.309. The second-order valence-corrected chi connectivity index (χ2v) is 7.08. The number of ether oxygens (including phenoxy) is 1. The van der Waals surface area contributed by atoms with Crippen molar-refractivity contribution in [1.82, 2.24) is 0 Å².